The molecule has 0 saturated heterocycles. The first-order valence-corrected chi connectivity index (χ1v) is 13.4. The SMILES string of the molecule is COc1cc(OC(=O)c2cnccc2C)ccc1-c1ccc2c(c1COc1cc(F)ccc1C)C(C)=CC(C)(C)N2. The maximum atomic E-state index is 14.0. The van der Waals surface area contributed by atoms with Crippen molar-refractivity contribution in [3.63, 3.8) is 0 Å². The molecule has 1 aliphatic heterocycles. The van der Waals surface area contributed by atoms with Gasteiger partial charge in [-0.05, 0) is 87.2 Å². The summed E-state index contributed by atoms with van der Waals surface area (Å²) in [5, 5.41) is 3.60. The molecule has 0 aliphatic carbocycles. The lowest BCUT2D eigenvalue weighted by Crippen LogP contribution is -2.32. The van der Waals surface area contributed by atoms with Gasteiger partial charge in [-0.2, -0.15) is 0 Å². The molecule has 3 aromatic carbocycles. The summed E-state index contributed by atoms with van der Waals surface area (Å²) in [7, 11) is 1.58. The third-order valence-corrected chi connectivity index (χ3v) is 7.20. The fraction of sp³-hybridized carbons (Fsp3) is 0.235. The Bertz CT molecular complexity index is 1680. The van der Waals surface area contributed by atoms with E-state index in [4.69, 9.17) is 14.2 Å². The number of anilines is 1. The van der Waals surface area contributed by atoms with E-state index in [2.05, 4.69) is 43.2 Å². The summed E-state index contributed by atoms with van der Waals surface area (Å²) in [6, 6.07) is 15.7. The van der Waals surface area contributed by atoms with E-state index in [1.54, 1.807) is 37.6 Å². The van der Waals surface area contributed by atoms with Gasteiger partial charge >= 0.3 is 5.97 Å². The molecule has 0 bridgehead atoms. The number of hydrogen-bond acceptors (Lipinski definition) is 6. The lowest BCUT2D eigenvalue weighted by atomic mass is 9.85. The van der Waals surface area contributed by atoms with Crippen LogP contribution in [0, 0.1) is 19.7 Å². The van der Waals surface area contributed by atoms with Crippen molar-refractivity contribution in [1.29, 1.82) is 0 Å². The quantitative estimate of drug-likeness (QED) is 0.186. The largest absolute Gasteiger partial charge is 0.496 e. The number of rotatable bonds is 7. The Kier molecular flexibility index (Phi) is 7.54. The first-order chi connectivity index (χ1) is 19.6. The molecule has 0 spiro atoms. The number of hydrogen-bond donors (Lipinski definition) is 1. The molecule has 0 atom stereocenters. The van der Waals surface area contributed by atoms with Gasteiger partial charge in [0.15, 0.2) is 0 Å². The minimum absolute atomic E-state index is 0.205. The maximum absolute atomic E-state index is 14.0. The van der Waals surface area contributed by atoms with Crippen LogP contribution in [0.25, 0.3) is 16.7 Å². The minimum atomic E-state index is -0.492. The van der Waals surface area contributed by atoms with E-state index >= 15 is 0 Å². The summed E-state index contributed by atoms with van der Waals surface area (Å²) < 4.78 is 31.7. The summed E-state index contributed by atoms with van der Waals surface area (Å²) >= 11 is 0. The van der Waals surface area contributed by atoms with Crippen LogP contribution in [0.4, 0.5) is 10.1 Å². The highest BCUT2D eigenvalue weighted by Gasteiger charge is 2.27. The number of carbonyl (C=O) groups excluding carboxylic acids is 1. The lowest BCUT2D eigenvalue weighted by Gasteiger charge is -2.33. The molecule has 0 radical (unpaired) electrons. The van der Waals surface area contributed by atoms with Gasteiger partial charge in [0.05, 0.1) is 18.2 Å². The Hall–Kier alpha value is -4.65. The normalized spacial score (nSPS) is 13.5. The highest BCUT2D eigenvalue weighted by atomic mass is 19.1. The van der Waals surface area contributed by atoms with Crippen molar-refractivity contribution in [2.45, 2.75) is 46.8 Å². The predicted octanol–water partition coefficient (Wildman–Crippen LogP) is 7.92. The fourth-order valence-electron chi connectivity index (χ4n) is 5.28. The topological polar surface area (TPSA) is 69.7 Å². The summed E-state index contributed by atoms with van der Waals surface area (Å²) in [5.74, 6) is 0.526. The van der Waals surface area contributed by atoms with E-state index in [-0.39, 0.29) is 18.0 Å². The van der Waals surface area contributed by atoms with Crippen LogP contribution in [0.1, 0.15) is 53.4 Å². The van der Waals surface area contributed by atoms with E-state index in [1.165, 1.54) is 18.3 Å². The van der Waals surface area contributed by atoms with E-state index < -0.39 is 5.97 Å². The van der Waals surface area contributed by atoms with Crippen LogP contribution in [0.3, 0.4) is 0 Å². The first kappa shape index (κ1) is 27.9. The average Bonchev–Trinajstić information content (AvgIpc) is 2.92. The summed E-state index contributed by atoms with van der Waals surface area (Å²) in [4.78, 5) is 16.8. The van der Waals surface area contributed by atoms with Crippen LogP contribution in [-0.4, -0.2) is 23.6 Å². The maximum Gasteiger partial charge on any atom is 0.345 e. The third kappa shape index (κ3) is 5.80. The van der Waals surface area contributed by atoms with Crippen molar-refractivity contribution in [3.8, 4) is 28.4 Å². The molecule has 41 heavy (non-hydrogen) atoms. The van der Waals surface area contributed by atoms with Gasteiger partial charge in [0.1, 0.15) is 29.7 Å². The standard InChI is InChI=1S/C34H33FN2O4/c1-20-13-14-36-18-27(20)33(38)41-24-9-10-26(31(16-24)39-6)25-11-12-29-32(22(3)17-34(4,5)37-29)28(25)19-40-30-15-23(35)8-7-21(30)2/h7-18,37H,19H2,1-6H3. The number of methoxy groups -OCH3 is 1. The van der Waals surface area contributed by atoms with E-state index in [0.29, 0.717) is 22.8 Å². The van der Waals surface area contributed by atoms with Gasteiger partial charge in [-0.3, -0.25) is 4.98 Å². The second-order valence-corrected chi connectivity index (χ2v) is 10.8. The molecule has 4 aromatic rings. The Labute approximate surface area is 239 Å². The van der Waals surface area contributed by atoms with Crippen LogP contribution < -0.4 is 19.5 Å². The fourth-order valence-corrected chi connectivity index (χ4v) is 5.28. The number of carbonyl (C=O) groups is 1. The van der Waals surface area contributed by atoms with Gasteiger partial charge in [-0.1, -0.05) is 18.2 Å². The molecule has 0 fully saturated rings. The second kappa shape index (κ2) is 11.1. The molecule has 210 valence electrons. The molecule has 2 heterocycles. The number of ether oxygens (including phenoxy) is 3. The van der Waals surface area contributed by atoms with Gasteiger partial charge in [-0.25, -0.2) is 9.18 Å². The number of nitrogens with zero attached hydrogens (tertiary/aromatic N) is 1. The molecule has 1 N–H and O–H groups in total. The van der Waals surface area contributed by atoms with Crippen molar-refractivity contribution in [3.05, 3.63) is 107 Å². The molecule has 5 rings (SSSR count). The number of fused-ring (bicyclic) bond motifs is 1. The highest BCUT2D eigenvalue weighted by Crippen LogP contribution is 2.43. The Morgan fingerprint density at radius 1 is 0.951 bits per heavy atom. The van der Waals surface area contributed by atoms with Crippen molar-refractivity contribution in [1.82, 2.24) is 4.98 Å². The number of esters is 1. The molecule has 6 nitrogen and oxygen atoms in total. The minimum Gasteiger partial charge on any atom is -0.496 e. The molecule has 0 saturated carbocycles. The molecule has 7 heteroatoms. The zero-order valence-corrected chi connectivity index (χ0v) is 24.1. The smallest absolute Gasteiger partial charge is 0.345 e. The Balaban J connectivity index is 1.56. The number of nitrogens with one attached hydrogen (secondary N) is 1. The average molecular weight is 553 g/mol. The number of allylic oxidation sites excluding steroid dienone is 1. The van der Waals surface area contributed by atoms with Crippen LogP contribution >= 0.6 is 0 Å². The van der Waals surface area contributed by atoms with Gasteiger partial charge < -0.3 is 19.5 Å². The molecular formula is C34H33FN2O4. The van der Waals surface area contributed by atoms with Crippen molar-refractivity contribution in [2.24, 2.45) is 0 Å². The number of aromatic nitrogens is 1. The van der Waals surface area contributed by atoms with Gasteiger partial charge in [0.2, 0.25) is 0 Å². The first-order valence-electron chi connectivity index (χ1n) is 13.4. The second-order valence-electron chi connectivity index (χ2n) is 10.8. The third-order valence-electron chi connectivity index (χ3n) is 7.20. The molecular weight excluding hydrogens is 519 g/mol. The predicted molar refractivity (Wildman–Crippen MR) is 159 cm³/mol. The van der Waals surface area contributed by atoms with Crippen LogP contribution in [0.2, 0.25) is 0 Å². The van der Waals surface area contributed by atoms with E-state index in [0.717, 1.165) is 44.6 Å². The number of benzene rings is 3. The monoisotopic (exact) mass is 552 g/mol. The highest BCUT2D eigenvalue weighted by molar-refractivity contribution is 5.93. The summed E-state index contributed by atoms with van der Waals surface area (Å²) in [5.41, 5.74) is 7.56. The van der Waals surface area contributed by atoms with E-state index in [9.17, 15) is 9.18 Å². The summed E-state index contributed by atoms with van der Waals surface area (Å²) in [6.07, 6.45) is 5.32. The van der Waals surface area contributed by atoms with Gasteiger partial charge in [0, 0.05) is 46.9 Å². The lowest BCUT2D eigenvalue weighted by molar-refractivity contribution is 0.0733. The molecule has 1 aliphatic rings. The number of aryl methyl sites for hydroxylation is 2. The zero-order chi connectivity index (χ0) is 29.3. The number of pyridine rings is 1. The van der Waals surface area contributed by atoms with Crippen LogP contribution in [0.5, 0.6) is 17.2 Å². The van der Waals surface area contributed by atoms with Gasteiger partial charge in [-0.15, -0.1) is 0 Å². The van der Waals surface area contributed by atoms with Crippen LogP contribution in [-0.2, 0) is 6.61 Å². The van der Waals surface area contributed by atoms with E-state index in [1.807, 2.05) is 26.0 Å². The molecule has 0 unspecified atom stereocenters. The summed E-state index contributed by atoms with van der Waals surface area (Å²) in [6.45, 7) is 10.3. The molecule has 1 aromatic heterocycles. The Morgan fingerprint density at radius 3 is 2.49 bits per heavy atom. The van der Waals surface area contributed by atoms with Crippen molar-refractivity contribution >= 4 is 17.2 Å². The molecule has 0 amide bonds. The zero-order valence-electron chi connectivity index (χ0n) is 24.1. The number of halogens is 1. The van der Waals surface area contributed by atoms with Crippen molar-refractivity contribution < 1.29 is 23.4 Å². The Morgan fingerprint density at radius 2 is 1.73 bits per heavy atom. The van der Waals surface area contributed by atoms with Gasteiger partial charge in [0.25, 0.3) is 0 Å². The van der Waals surface area contributed by atoms with Crippen molar-refractivity contribution in [2.75, 3.05) is 12.4 Å². The van der Waals surface area contributed by atoms with Crippen LogP contribution in [0.15, 0.2) is 73.1 Å².